The first kappa shape index (κ1) is 22.0. The van der Waals surface area contributed by atoms with E-state index in [1.54, 1.807) is 7.11 Å². The Labute approximate surface area is 165 Å². The third-order valence-electron chi connectivity index (χ3n) is 5.31. The molecule has 0 aromatic heterocycles. The third kappa shape index (κ3) is 7.44. The predicted molar refractivity (Wildman–Crippen MR) is 112 cm³/mol. The lowest BCUT2D eigenvalue weighted by molar-refractivity contribution is 0.128. The third-order valence-corrected chi connectivity index (χ3v) is 5.31. The van der Waals surface area contributed by atoms with Crippen LogP contribution in [0, 0.1) is 5.41 Å². The van der Waals surface area contributed by atoms with E-state index in [0.29, 0.717) is 11.5 Å². The average Bonchev–Trinajstić information content (AvgIpc) is 2.99. The highest BCUT2D eigenvalue weighted by Crippen LogP contribution is 2.37. The fraction of sp³-hybridized carbons (Fsp3) is 0.944. The van der Waals surface area contributed by atoms with E-state index < -0.39 is 0 Å². The van der Waals surface area contributed by atoms with Gasteiger partial charge in [0.15, 0.2) is 5.96 Å². The van der Waals surface area contributed by atoms with Crippen molar-refractivity contribution in [2.75, 3.05) is 46.4 Å². The molecule has 0 unspecified atom stereocenters. The number of guanidine groups is 1. The van der Waals surface area contributed by atoms with Crippen LogP contribution in [0.5, 0.6) is 0 Å². The maximum absolute atomic E-state index is 5.17. The van der Waals surface area contributed by atoms with Gasteiger partial charge >= 0.3 is 0 Å². The van der Waals surface area contributed by atoms with E-state index in [9.17, 15) is 0 Å². The number of likely N-dealkylation sites (tertiary alicyclic amines) is 1. The lowest BCUT2D eigenvalue weighted by atomic mass is 9.89. The smallest absolute Gasteiger partial charge is 0.191 e. The van der Waals surface area contributed by atoms with Crippen LogP contribution >= 0.6 is 24.0 Å². The summed E-state index contributed by atoms with van der Waals surface area (Å²) in [4.78, 5) is 7.38. The van der Waals surface area contributed by atoms with Crippen molar-refractivity contribution in [1.29, 1.82) is 0 Å². The molecule has 2 N–H and O–H groups in total. The Hall–Kier alpha value is -0.0800. The van der Waals surface area contributed by atoms with Crippen LogP contribution in [0.2, 0.25) is 0 Å². The van der Waals surface area contributed by atoms with Gasteiger partial charge in [-0.25, -0.2) is 0 Å². The molecule has 0 spiro atoms. The molecule has 0 bridgehead atoms. The maximum Gasteiger partial charge on any atom is 0.191 e. The van der Waals surface area contributed by atoms with E-state index in [1.165, 1.54) is 38.5 Å². The first-order chi connectivity index (χ1) is 11.1. The molecule has 0 aromatic carbocycles. The second-order valence-corrected chi connectivity index (χ2v) is 7.47. The Morgan fingerprint density at radius 3 is 2.50 bits per heavy atom. The van der Waals surface area contributed by atoms with E-state index in [1.807, 2.05) is 0 Å². The highest BCUT2D eigenvalue weighted by molar-refractivity contribution is 14.0. The zero-order valence-corrected chi connectivity index (χ0v) is 18.1. The SMILES string of the molecule is CCNC(=NCC1(C)CCCC1)NC1CCN(CCOC)CC1.I. The van der Waals surface area contributed by atoms with Crippen molar-refractivity contribution in [3.05, 3.63) is 0 Å². The molecule has 0 atom stereocenters. The number of nitrogens with one attached hydrogen (secondary N) is 2. The molecule has 1 aliphatic heterocycles. The molecule has 0 amide bonds. The Bertz CT molecular complexity index is 364. The van der Waals surface area contributed by atoms with Gasteiger partial charge in [0.1, 0.15) is 0 Å². The predicted octanol–water partition coefficient (Wildman–Crippen LogP) is 2.85. The molecule has 1 aliphatic carbocycles. The number of halogens is 1. The average molecular weight is 452 g/mol. The molecule has 5 nitrogen and oxygen atoms in total. The Morgan fingerprint density at radius 2 is 1.92 bits per heavy atom. The minimum absolute atomic E-state index is 0. The highest BCUT2D eigenvalue weighted by Gasteiger charge is 2.28. The second-order valence-electron chi connectivity index (χ2n) is 7.47. The summed E-state index contributed by atoms with van der Waals surface area (Å²) in [5.74, 6) is 1.01. The van der Waals surface area contributed by atoms with Gasteiger partial charge in [-0.05, 0) is 38.0 Å². The Kier molecular flexibility index (Phi) is 10.5. The summed E-state index contributed by atoms with van der Waals surface area (Å²) < 4.78 is 5.17. The minimum Gasteiger partial charge on any atom is -0.383 e. The molecule has 2 rings (SSSR count). The summed E-state index contributed by atoms with van der Waals surface area (Å²) in [6.45, 7) is 10.6. The number of hydrogen-bond acceptors (Lipinski definition) is 3. The van der Waals surface area contributed by atoms with Crippen LogP contribution in [0.1, 0.15) is 52.4 Å². The van der Waals surface area contributed by atoms with Crippen LogP contribution in [0.3, 0.4) is 0 Å². The van der Waals surface area contributed by atoms with Crippen molar-refractivity contribution >= 4 is 29.9 Å². The molecular weight excluding hydrogens is 415 g/mol. The number of hydrogen-bond donors (Lipinski definition) is 2. The standard InChI is InChI=1S/C18H36N4O.HI/c1-4-19-17(20-15-18(2)9-5-6-10-18)21-16-7-11-22(12-8-16)13-14-23-3;/h16H,4-15H2,1-3H3,(H2,19,20,21);1H. The molecular formula is C18H37IN4O. The Morgan fingerprint density at radius 1 is 1.25 bits per heavy atom. The van der Waals surface area contributed by atoms with Crippen LogP contribution in [0.4, 0.5) is 0 Å². The van der Waals surface area contributed by atoms with Gasteiger partial charge in [-0.1, -0.05) is 19.8 Å². The fourth-order valence-electron chi connectivity index (χ4n) is 3.69. The molecule has 6 heteroatoms. The molecule has 1 heterocycles. The van der Waals surface area contributed by atoms with Crippen LogP contribution < -0.4 is 10.6 Å². The van der Waals surface area contributed by atoms with Crippen molar-refractivity contribution in [1.82, 2.24) is 15.5 Å². The maximum atomic E-state index is 5.17. The lowest BCUT2D eigenvalue weighted by Crippen LogP contribution is -2.49. The summed E-state index contributed by atoms with van der Waals surface area (Å²) in [5, 5.41) is 7.08. The van der Waals surface area contributed by atoms with Gasteiger partial charge in [0, 0.05) is 45.9 Å². The molecule has 142 valence electrons. The van der Waals surface area contributed by atoms with E-state index in [4.69, 9.17) is 9.73 Å². The van der Waals surface area contributed by atoms with Crippen molar-refractivity contribution in [3.63, 3.8) is 0 Å². The molecule has 2 aliphatic rings. The zero-order chi connectivity index (χ0) is 16.5. The summed E-state index contributed by atoms with van der Waals surface area (Å²) in [5.41, 5.74) is 0.422. The number of ether oxygens (including phenoxy) is 1. The van der Waals surface area contributed by atoms with Crippen molar-refractivity contribution in [2.24, 2.45) is 10.4 Å². The monoisotopic (exact) mass is 452 g/mol. The quantitative estimate of drug-likeness (QED) is 0.355. The van der Waals surface area contributed by atoms with Crippen molar-refractivity contribution in [3.8, 4) is 0 Å². The normalized spacial score (nSPS) is 22.2. The molecule has 1 saturated heterocycles. The van der Waals surface area contributed by atoms with Crippen LogP contribution in [0.25, 0.3) is 0 Å². The van der Waals surface area contributed by atoms with Gasteiger partial charge in [0.05, 0.1) is 6.61 Å². The van der Waals surface area contributed by atoms with Crippen molar-refractivity contribution < 1.29 is 4.74 Å². The Balaban J connectivity index is 0.00000288. The molecule has 2 fully saturated rings. The van der Waals surface area contributed by atoms with Gasteiger partial charge in [0.2, 0.25) is 0 Å². The zero-order valence-electron chi connectivity index (χ0n) is 15.8. The van der Waals surface area contributed by atoms with Gasteiger partial charge in [0.25, 0.3) is 0 Å². The van der Waals surface area contributed by atoms with Crippen LogP contribution in [-0.2, 0) is 4.74 Å². The van der Waals surface area contributed by atoms with Crippen LogP contribution in [-0.4, -0.2) is 63.3 Å². The minimum atomic E-state index is 0. The summed E-state index contributed by atoms with van der Waals surface area (Å²) in [7, 11) is 1.78. The highest BCUT2D eigenvalue weighted by atomic mass is 127. The van der Waals surface area contributed by atoms with E-state index in [2.05, 4.69) is 29.4 Å². The number of piperidine rings is 1. The van der Waals surface area contributed by atoms with E-state index >= 15 is 0 Å². The van der Waals surface area contributed by atoms with Crippen LogP contribution in [0.15, 0.2) is 4.99 Å². The summed E-state index contributed by atoms with van der Waals surface area (Å²) >= 11 is 0. The first-order valence-corrected chi connectivity index (χ1v) is 9.41. The molecule has 24 heavy (non-hydrogen) atoms. The number of rotatable bonds is 7. The number of methoxy groups -OCH3 is 1. The lowest BCUT2D eigenvalue weighted by Gasteiger charge is -2.33. The fourth-order valence-corrected chi connectivity index (χ4v) is 3.69. The molecule has 0 radical (unpaired) electrons. The van der Waals surface area contributed by atoms with Gasteiger partial charge < -0.3 is 20.3 Å². The van der Waals surface area contributed by atoms with Crippen molar-refractivity contribution in [2.45, 2.75) is 58.4 Å². The molecule has 0 aromatic rings. The first-order valence-electron chi connectivity index (χ1n) is 9.41. The van der Waals surface area contributed by atoms with E-state index in [0.717, 1.165) is 45.3 Å². The summed E-state index contributed by atoms with van der Waals surface area (Å²) in [6, 6.07) is 0.544. The second kappa shape index (κ2) is 11.5. The number of aliphatic imine (C=N–C) groups is 1. The number of nitrogens with zero attached hydrogens (tertiary/aromatic N) is 2. The largest absolute Gasteiger partial charge is 0.383 e. The topological polar surface area (TPSA) is 48.9 Å². The molecule has 1 saturated carbocycles. The van der Waals surface area contributed by atoms with E-state index in [-0.39, 0.29) is 24.0 Å². The summed E-state index contributed by atoms with van der Waals surface area (Å²) in [6.07, 6.45) is 7.77. The van der Waals surface area contributed by atoms with Gasteiger partial charge in [-0.2, -0.15) is 0 Å². The van der Waals surface area contributed by atoms with Gasteiger partial charge in [-0.3, -0.25) is 4.99 Å². The van der Waals surface area contributed by atoms with Gasteiger partial charge in [-0.15, -0.1) is 24.0 Å².